The molecule has 5 heteroatoms. The molecule has 0 bridgehead atoms. The zero-order chi connectivity index (χ0) is 13.0. The van der Waals surface area contributed by atoms with Gasteiger partial charge in [-0.2, -0.15) is 0 Å². The Kier molecular flexibility index (Phi) is 5.00. The lowest BCUT2D eigenvalue weighted by Gasteiger charge is -2.25. The second-order valence-corrected chi connectivity index (χ2v) is 5.31. The van der Waals surface area contributed by atoms with Crippen LogP contribution in [0, 0.1) is 17.8 Å². The molecule has 0 atom stereocenters. The van der Waals surface area contributed by atoms with E-state index in [9.17, 15) is 4.79 Å². The number of halogens is 1. The number of anilines is 1. The molecular formula is C12H20ClN3O. The van der Waals surface area contributed by atoms with Crippen LogP contribution in [0.15, 0.2) is 11.1 Å². The van der Waals surface area contributed by atoms with Crippen LogP contribution in [0.1, 0.15) is 27.7 Å². The summed E-state index contributed by atoms with van der Waals surface area (Å²) in [5.41, 5.74) is -0.310. The van der Waals surface area contributed by atoms with Crippen LogP contribution in [0.5, 0.6) is 0 Å². The molecule has 2 N–H and O–H groups in total. The molecule has 0 saturated carbocycles. The maximum atomic E-state index is 11.3. The Labute approximate surface area is 107 Å². The van der Waals surface area contributed by atoms with E-state index in [1.807, 2.05) is 0 Å². The molecule has 0 saturated heterocycles. The van der Waals surface area contributed by atoms with Gasteiger partial charge in [0.1, 0.15) is 5.02 Å². The van der Waals surface area contributed by atoms with Gasteiger partial charge in [-0.1, -0.05) is 39.3 Å². The van der Waals surface area contributed by atoms with E-state index in [0.717, 1.165) is 6.54 Å². The van der Waals surface area contributed by atoms with E-state index < -0.39 is 0 Å². The van der Waals surface area contributed by atoms with Crippen LogP contribution >= 0.6 is 11.6 Å². The average Bonchev–Trinajstić information content (AvgIpc) is 2.23. The van der Waals surface area contributed by atoms with Crippen molar-refractivity contribution in [3.63, 3.8) is 0 Å². The van der Waals surface area contributed by atoms with Gasteiger partial charge < -0.3 is 10.3 Å². The second kappa shape index (κ2) is 6.05. The first-order chi connectivity index (χ1) is 7.93. The van der Waals surface area contributed by atoms with Crippen LogP contribution in [-0.2, 0) is 0 Å². The lowest BCUT2D eigenvalue weighted by Crippen LogP contribution is -2.25. The van der Waals surface area contributed by atoms with Gasteiger partial charge >= 0.3 is 0 Å². The van der Waals surface area contributed by atoms with Gasteiger partial charge in [0.2, 0.25) is 0 Å². The molecule has 0 unspecified atom stereocenters. The predicted molar refractivity (Wildman–Crippen MR) is 71.5 cm³/mol. The second-order valence-electron chi connectivity index (χ2n) is 4.93. The van der Waals surface area contributed by atoms with Crippen LogP contribution in [-0.4, -0.2) is 16.5 Å². The molecule has 0 spiro atoms. The van der Waals surface area contributed by atoms with Crippen molar-refractivity contribution in [3.8, 4) is 0 Å². The average molecular weight is 258 g/mol. The number of H-pyrrole nitrogens is 1. The Morgan fingerprint density at radius 3 is 2.47 bits per heavy atom. The molecule has 1 heterocycles. The molecule has 17 heavy (non-hydrogen) atoms. The van der Waals surface area contributed by atoms with E-state index in [4.69, 9.17) is 11.6 Å². The number of nitrogens with zero attached hydrogens (tertiary/aromatic N) is 1. The molecular weight excluding hydrogens is 238 g/mol. The maximum Gasteiger partial charge on any atom is 0.271 e. The quantitative estimate of drug-likeness (QED) is 0.853. The molecule has 1 aromatic heterocycles. The molecule has 0 aliphatic heterocycles. The Morgan fingerprint density at radius 2 is 1.94 bits per heavy atom. The molecule has 96 valence electrons. The minimum absolute atomic E-state index is 0.124. The summed E-state index contributed by atoms with van der Waals surface area (Å²) in [7, 11) is 0. The summed E-state index contributed by atoms with van der Waals surface area (Å²) in [6.07, 6.45) is 1.36. The summed E-state index contributed by atoms with van der Waals surface area (Å²) in [5.74, 6) is 2.13. The van der Waals surface area contributed by atoms with Crippen LogP contribution in [0.3, 0.4) is 0 Å². The SMILES string of the molecule is CC(C)C(CNc1nc[nH]c(=O)c1Cl)C(C)C. The number of hydrogen-bond donors (Lipinski definition) is 2. The minimum Gasteiger partial charge on any atom is -0.368 e. The van der Waals surface area contributed by atoms with Gasteiger partial charge in [0.25, 0.3) is 5.56 Å². The van der Waals surface area contributed by atoms with E-state index in [2.05, 4.69) is 43.0 Å². The molecule has 0 aliphatic rings. The number of aromatic amines is 1. The van der Waals surface area contributed by atoms with Crippen molar-refractivity contribution >= 4 is 17.4 Å². The standard InChI is InChI=1S/C12H20ClN3O/c1-7(2)9(8(3)4)5-14-11-10(13)12(17)16-6-15-11/h6-9H,5H2,1-4H3,(H2,14,15,16,17). The van der Waals surface area contributed by atoms with Crippen molar-refractivity contribution in [3.05, 3.63) is 21.7 Å². The highest BCUT2D eigenvalue weighted by Gasteiger charge is 2.18. The monoisotopic (exact) mass is 257 g/mol. The zero-order valence-electron chi connectivity index (χ0n) is 10.7. The Hall–Kier alpha value is -1.03. The van der Waals surface area contributed by atoms with Gasteiger partial charge in [0, 0.05) is 6.54 Å². The first kappa shape index (κ1) is 14.0. The molecule has 0 radical (unpaired) electrons. The van der Waals surface area contributed by atoms with Crippen LogP contribution in [0.25, 0.3) is 0 Å². The fourth-order valence-corrected chi connectivity index (χ4v) is 2.13. The van der Waals surface area contributed by atoms with Crippen LogP contribution in [0.2, 0.25) is 5.02 Å². The van der Waals surface area contributed by atoms with Gasteiger partial charge in [-0.3, -0.25) is 4.79 Å². The Bertz CT molecular complexity index is 406. The van der Waals surface area contributed by atoms with E-state index in [1.54, 1.807) is 0 Å². The number of aromatic nitrogens is 2. The molecule has 1 rings (SSSR count). The summed E-state index contributed by atoms with van der Waals surface area (Å²) in [4.78, 5) is 17.8. The van der Waals surface area contributed by atoms with Crippen molar-refractivity contribution in [1.82, 2.24) is 9.97 Å². The van der Waals surface area contributed by atoms with E-state index >= 15 is 0 Å². The van der Waals surface area contributed by atoms with Crippen molar-refractivity contribution < 1.29 is 0 Å². The van der Waals surface area contributed by atoms with Crippen molar-refractivity contribution in [2.75, 3.05) is 11.9 Å². The third kappa shape index (κ3) is 3.73. The summed E-state index contributed by atoms with van der Waals surface area (Å²) in [6, 6.07) is 0. The van der Waals surface area contributed by atoms with E-state index in [-0.39, 0.29) is 10.6 Å². The number of hydrogen-bond acceptors (Lipinski definition) is 3. The van der Waals surface area contributed by atoms with Gasteiger partial charge in [0.15, 0.2) is 5.82 Å². The third-order valence-electron chi connectivity index (χ3n) is 3.01. The molecule has 0 amide bonds. The van der Waals surface area contributed by atoms with Crippen LogP contribution < -0.4 is 10.9 Å². The molecule has 0 fully saturated rings. The maximum absolute atomic E-state index is 11.3. The molecule has 4 nitrogen and oxygen atoms in total. The highest BCUT2D eigenvalue weighted by Crippen LogP contribution is 2.21. The summed E-state index contributed by atoms with van der Waals surface area (Å²) in [6.45, 7) is 9.54. The minimum atomic E-state index is -0.310. The summed E-state index contributed by atoms with van der Waals surface area (Å²) < 4.78 is 0. The molecule has 1 aromatic rings. The highest BCUT2D eigenvalue weighted by molar-refractivity contribution is 6.32. The van der Waals surface area contributed by atoms with Crippen molar-refractivity contribution in [1.29, 1.82) is 0 Å². The van der Waals surface area contributed by atoms with Gasteiger partial charge in [-0.05, 0) is 17.8 Å². The lowest BCUT2D eigenvalue weighted by molar-refractivity contribution is 0.304. The summed E-state index contributed by atoms with van der Waals surface area (Å²) in [5, 5.41) is 3.28. The third-order valence-corrected chi connectivity index (χ3v) is 3.37. The first-order valence-corrected chi connectivity index (χ1v) is 6.28. The number of nitrogens with one attached hydrogen (secondary N) is 2. The van der Waals surface area contributed by atoms with Gasteiger partial charge in [-0.15, -0.1) is 0 Å². The first-order valence-electron chi connectivity index (χ1n) is 5.90. The van der Waals surface area contributed by atoms with E-state index in [1.165, 1.54) is 6.33 Å². The van der Waals surface area contributed by atoms with Crippen molar-refractivity contribution in [2.45, 2.75) is 27.7 Å². The van der Waals surface area contributed by atoms with E-state index in [0.29, 0.717) is 23.6 Å². The largest absolute Gasteiger partial charge is 0.368 e. The number of rotatable bonds is 5. The smallest absolute Gasteiger partial charge is 0.271 e. The fourth-order valence-electron chi connectivity index (χ4n) is 1.96. The Balaban J connectivity index is 2.72. The zero-order valence-corrected chi connectivity index (χ0v) is 11.5. The highest BCUT2D eigenvalue weighted by atomic mass is 35.5. The fraction of sp³-hybridized carbons (Fsp3) is 0.667. The predicted octanol–water partition coefficient (Wildman–Crippen LogP) is 2.76. The lowest BCUT2D eigenvalue weighted by atomic mass is 9.85. The van der Waals surface area contributed by atoms with Gasteiger partial charge in [-0.25, -0.2) is 4.98 Å². The van der Waals surface area contributed by atoms with Gasteiger partial charge in [0.05, 0.1) is 6.33 Å². The summed E-state index contributed by atoms with van der Waals surface area (Å²) >= 11 is 5.87. The Morgan fingerprint density at radius 1 is 1.35 bits per heavy atom. The van der Waals surface area contributed by atoms with Crippen molar-refractivity contribution in [2.24, 2.45) is 17.8 Å². The van der Waals surface area contributed by atoms with Crippen LogP contribution in [0.4, 0.5) is 5.82 Å². The topological polar surface area (TPSA) is 57.8 Å². The molecule has 0 aromatic carbocycles. The normalized spacial score (nSPS) is 11.5. The molecule has 0 aliphatic carbocycles.